The molecule has 1 aromatic carbocycles. The third-order valence-electron chi connectivity index (χ3n) is 3.49. The summed E-state index contributed by atoms with van der Waals surface area (Å²) < 4.78 is 5.48. The number of amides is 1. The maximum Gasteiger partial charge on any atom is 0.326 e. The van der Waals surface area contributed by atoms with E-state index in [4.69, 9.17) is 9.84 Å². The molecule has 0 fully saturated rings. The van der Waals surface area contributed by atoms with Crippen LogP contribution in [0.3, 0.4) is 0 Å². The Morgan fingerprint density at radius 2 is 1.86 bits per heavy atom. The van der Waals surface area contributed by atoms with E-state index in [9.17, 15) is 9.59 Å². The molecular weight excluding hydrogens is 270 g/mol. The van der Waals surface area contributed by atoms with Gasteiger partial charge < -0.3 is 15.2 Å². The van der Waals surface area contributed by atoms with Crippen molar-refractivity contribution >= 4 is 11.9 Å². The van der Waals surface area contributed by atoms with E-state index in [1.54, 1.807) is 13.8 Å². The van der Waals surface area contributed by atoms with Gasteiger partial charge in [0.25, 0.3) is 0 Å². The topological polar surface area (TPSA) is 75.6 Å². The molecule has 0 saturated heterocycles. The van der Waals surface area contributed by atoms with E-state index in [-0.39, 0.29) is 5.92 Å². The zero-order valence-electron chi connectivity index (χ0n) is 12.7. The molecule has 3 atom stereocenters. The van der Waals surface area contributed by atoms with E-state index in [1.807, 2.05) is 37.3 Å². The van der Waals surface area contributed by atoms with Gasteiger partial charge in [-0.2, -0.15) is 0 Å². The van der Waals surface area contributed by atoms with E-state index >= 15 is 0 Å². The lowest BCUT2D eigenvalue weighted by Gasteiger charge is -2.22. The highest BCUT2D eigenvalue weighted by molar-refractivity contribution is 5.86. The smallest absolute Gasteiger partial charge is 0.326 e. The molecule has 2 N–H and O–H groups in total. The summed E-state index contributed by atoms with van der Waals surface area (Å²) >= 11 is 0. The monoisotopic (exact) mass is 293 g/mol. The number of hydrogen-bond acceptors (Lipinski definition) is 3. The van der Waals surface area contributed by atoms with Gasteiger partial charge in [-0.1, -0.05) is 50.6 Å². The van der Waals surface area contributed by atoms with Gasteiger partial charge in [0.2, 0.25) is 5.91 Å². The molecule has 1 amide bonds. The first-order chi connectivity index (χ1) is 9.95. The molecule has 116 valence electrons. The van der Waals surface area contributed by atoms with Crippen LogP contribution < -0.4 is 5.32 Å². The fourth-order valence-electron chi connectivity index (χ4n) is 1.82. The molecule has 21 heavy (non-hydrogen) atoms. The van der Waals surface area contributed by atoms with Gasteiger partial charge in [-0.05, 0) is 18.4 Å². The molecule has 0 aliphatic carbocycles. The van der Waals surface area contributed by atoms with Gasteiger partial charge in [0, 0.05) is 0 Å². The molecule has 0 saturated carbocycles. The molecular formula is C16H23NO4. The number of nitrogens with one attached hydrogen (secondary N) is 1. The number of benzene rings is 1. The maximum absolute atomic E-state index is 12.0. The van der Waals surface area contributed by atoms with Crippen molar-refractivity contribution < 1.29 is 19.4 Å². The Balaban J connectivity index is 2.51. The molecule has 5 heteroatoms. The van der Waals surface area contributed by atoms with Crippen LogP contribution in [0.2, 0.25) is 0 Å². The maximum atomic E-state index is 12.0. The van der Waals surface area contributed by atoms with Crippen molar-refractivity contribution in [3.8, 4) is 0 Å². The first-order valence-corrected chi connectivity index (χ1v) is 7.14. The average molecular weight is 293 g/mol. The lowest BCUT2D eigenvalue weighted by atomic mass is 9.99. The van der Waals surface area contributed by atoms with Crippen LogP contribution in [0.25, 0.3) is 0 Å². The number of rotatable bonds is 8. The summed E-state index contributed by atoms with van der Waals surface area (Å²) in [6, 6.07) is 8.63. The van der Waals surface area contributed by atoms with Crippen LogP contribution in [-0.4, -0.2) is 29.1 Å². The molecule has 0 spiro atoms. The van der Waals surface area contributed by atoms with Crippen molar-refractivity contribution in [2.24, 2.45) is 5.92 Å². The Morgan fingerprint density at radius 3 is 2.38 bits per heavy atom. The Kier molecular flexibility index (Phi) is 6.88. The molecule has 0 aliphatic rings. The molecule has 1 aromatic rings. The van der Waals surface area contributed by atoms with Crippen LogP contribution in [0.15, 0.2) is 30.3 Å². The largest absolute Gasteiger partial charge is 0.480 e. The number of ether oxygens (including phenoxy) is 1. The minimum Gasteiger partial charge on any atom is -0.480 e. The summed E-state index contributed by atoms with van der Waals surface area (Å²) in [6.45, 7) is 5.63. The zero-order chi connectivity index (χ0) is 15.8. The van der Waals surface area contributed by atoms with Gasteiger partial charge in [-0.25, -0.2) is 4.79 Å². The van der Waals surface area contributed by atoms with Crippen LogP contribution >= 0.6 is 0 Å². The minimum absolute atomic E-state index is 0.132. The highest BCUT2D eigenvalue weighted by atomic mass is 16.5. The molecule has 1 rings (SSSR count). The molecule has 0 bridgehead atoms. The van der Waals surface area contributed by atoms with Crippen LogP contribution in [0.5, 0.6) is 0 Å². The molecule has 0 aromatic heterocycles. The summed E-state index contributed by atoms with van der Waals surface area (Å²) in [5.74, 6) is -1.56. The van der Waals surface area contributed by atoms with E-state index < -0.39 is 24.0 Å². The third kappa shape index (κ3) is 5.55. The SMILES string of the molecule is CCC(C)[C@H](NC(=O)C(C)OCc1ccccc1)C(=O)O. The Labute approximate surface area is 125 Å². The summed E-state index contributed by atoms with van der Waals surface area (Å²) in [6.07, 6.45) is -0.0210. The van der Waals surface area contributed by atoms with Crippen molar-refractivity contribution in [1.29, 1.82) is 0 Å². The number of aliphatic carboxylic acids is 1. The summed E-state index contributed by atoms with van der Waals surface area (Å²) in [7, 11) is 0. The number of carbonyl (C=O) groups excluding carboxylic acids is 1. The van der Waals surface area contributed by atoms with E-state index in [0.29, 0.717) is 13.0 Å². The van der Waals surface area contributed by atoms with Gasteiger partial charge in [0.15, 0.2) is 0 Å². The van der Waals surface area contributed by atoms with Crippen LogP contribution in [0, 0.1) is 5.92 Å². The lowest BCUT2D eigenvalue weighted by molar-refractivity contribution is -0.145. The highest BCUT2D eigenvalue weighted by Gasteiger charge is 2.27. The predicted octanol–water partition coefficient (Wildman–Crippen LogP) is 2.21. The van der Waals surface area contributed by atoms with Gasteiger partial charge in [-0.15, -0.1) is 0 Å². The molecule has 5 nitrogen and oxygen atoms in total. The van der Waals surface area contributed by atoms with Crippen LogP contribution in [-0.2, 0) is 20.9 Å². The second-order valence-electron chi connectivity index (χ2n) is 5.15. The molecule has 2 unspecified atom stereocenters. The van der Waals surface area contributed by atoms with E-state index in [0.717, 1.165) is 5.56 Å². The first-order valence-electron chi connectivity index (χ1n) is 7.14. The molecule has 0 aliphatic heterocycles. The van der Waals surface area contributed by atoms with Crippen molar-refractivity contribution in [3.05, 3.63) is 35.9 Å². The minimum atomic E-state index is -1.02. The average Bonchev–Trinajstić information content (AvgIpc) is 2.49. The number of carboxylic acid groups (broad SMARTS) is 1. The van der Waals surface area contributed by atoms with Crippen LogP contribution in [0.4, 0.5) is 0 Å². The standard InChI is InChI=1S/C16H23NO4/c1-4-11(2)14(16(19)20)17-15(18)12(3)21-10-13-8-6-5-7-9-13/h5-9,11-12,14H,4,10H2,1-3H3,(H,17,18)(H,19,20)/t11?,12?,14-/m0/s1. The first kappa shape index (κ1) is 17.2. The van der Waals surface area contributed by atoms with Crippen molar-refractivity contribution in [2.75, 3.05) is 0 Å². The number of carbonyl (C=O) groups is 2. The van der Waals surface area contributed by atoms with Crippen LogP contribution in [0.1, 0.15) is 32.8 Å². The fraction of sp³-hybridized carbons (Fsp3) is 0.500. The fourth-order valence-corrected chi connectivity index (χ4v) is 1.82. The zero-order valence-corrected chi connectivity index (χ0v) is 12.7. The lowest BCUT2D eigenvalue weighted by Crippen LogP contribution is -2.48. The highest BCUT2D eigenvalue weighted by Crippen LogP contribution is 2.09. The predicted molar refractivity (Wildman–Crippen MR) is 79.7 cm³/mol. The Morgan fingerprint density at radius 1 is 1.24 bits per heavy atom. The van der Waals surface area contributed by atoms with Crippen molar-refractivity contribution in [1.82, 2.24) is 5.32 Å². The van der Waals surface area contributed by atoms with Crippen molar-refractivity contribution in [3.63, 3.8) is 0 Å². The molecule has 0 heterocycles. The second kappa shape index (κ2) is 8.42. The molecule has 0 radical (unpaired) electrons. The van der Waals surface area contributed by atoms with Gasteiger partial charge in [0.05, 0.1) is 6.61 Å². The quantitative estimate of drug-likeness (QED) is 0.770. The summed E-state index contributed by atoms with van der Waals surface area (Å²) in [5, 5.41) is 11.7. The number of hydrogen-bond donors (Lipinski definition) is 2. The van der Waals surface area contributed by atoms with E-state index in [1.165, 1.54) is 0 Å². The summed E-state index contributed by atoms with van der Waals surface area (Å²) in [4.78, 5) is 23.2. The second-order valence-corrected chi connectivity index (χ2v) is 5.15. The van der Waals surface area contributed by atoms with Gasteiger partial charge >= 0.3 is 5.97 Å². The third-order valence-corrected chi connectivity index (χ3v) is 3.49. The van der Waals surface area contributed by atoms with Crippen molar-refractivity contribution in [2.45, 2.75) is 45.9 Å². The van der Waals surface area contributed by atoms with Gasteiger partial charge in [0.1, 0.15) is 12.1 Å². The Hall–Kier alpha value is -1.88. The summed E-state index contributed by atoms with van der Waals surface area (Å²) in [5.41, 5.74) is 0.967. The van der Waals surface area contributed by atoms with Gasteiger partial charge in [-0.3, -0.25) is 4.79 Å². The van der Waals surface area contributed by atoms with E-state index in [2.05, 4.69) is 5.32 Å². The normalized spacial score (nSPS) is 15.0. The number of carboxylic acids is 1. The Bertz CT molecular complexity index is 461.